The van der Waals surface area contributed by atoms with Crippen molar-refractivity contribution < 1.29 is 0 Å². The number of hydrogen-bond donors (Lipinski definition) is 0. The lowest BCUT2D eigenvalue weighted by molar-refractivity contribution is 0.298. The third-order valence-electron chi connectivity index (χ3n) is 2.91. The molecule has 1 aliphatic rings. The highest BCUT2D eigenvalue weighted by Crippen LogP contribution is 2.36. The molecule has 0 aliphatic heterocycles. The van der Waals surface area contributed by atoms with Crippen LogP contribution in [0.15, 0.2) is 23.8 Å². The maximum atomic E-state index is 2.35. The first-order valence-corrected chi connectivity index (χ1v) is 4.40. The van der Waals surface area contributed by atoms with Gasteiger partial charge in [0.05, 0.1) is 0 Å². The molecule has 0 radical (unpaired) electrons. The van der Waals surface area contributed by atoms with Crippen LogP contribution in [0.2, 0.25) is 0 Å². The Labute approximate surface area is 70.0 Å². The van der Waals surface area contributed by atoms with Crippen molar-refractivity contribution in [2.24, 2.45) is 11.3 Å². The van der Waals surface area contributed by atoms with Crippen LogP contribution in [-0.2, 0) is 0 Å². The highest BCUT2D eigenvalue weighted by molar-refractivity contribution is 5.24. The van der Waals surface area contributed by atoms with Gasteiger partial charge in [-0.3, -0.25) is 0 Å². The van der Waals surface area contributed by atoms with Crippen molar-refractivity contribution >= 4 is 0 Å². The van der Waals surface area contributed by atoms with Gasteiger partial charge in [-0.2, -0.15) is 0 Å². The first-order chi connectivity index (χ1) is 5.04. The van der Waals surface area contributed by atoms with Gasteiger partial charge in [-0.05, 0) is 24.7 Å². The summed E-state index contributed by atoms with van der Waals surface area (Å²) in [5, 5.41) is 0. The van der Waals surface area contributed by atoms with Crippen LogP contribution < -0.4 is 0 Å². The number of allylic oxidation sites excluding steroid dienone is 4. The second kappa shape index (κ2) is 2.84. The fourth-order valence-corrected chi connectivity index (χ4v) is 1.27. The molecule has 11 heavy (non-hydrogen) atoms. The van der Waals surface area contributed by atoms with E-state index in [1.54, 1.807) is 0 Å². The van der Waals surface area contributed by atoms with E-state index in [4.69, 9.17) is 0 Å². The Kier molecular flexibility index (Phi) is 2.22. The normalized spacial score (nSPS) is 30.8. The molecule has 0 saturated heterocycles. The van der Waals surface area contributed by atoms with E-state index in [0.29, 0.717) is 5.41 Å². The summed E-state index contributed by atoms with van der Waals surface area (Å²) in [6.07, 6.45) is 8.13. The molecule has 0 unspecified atom stereocenters. The maximum Gasteiger partial charge on any atom is -0.00857 e. The average molecular weight is 150 g/mol. The van der Waals surface area contributed by atoms with Gasteiger partial charge in [0.2, 0.25) is 0 Å². The average Bonchev–Trinajstić information content (AvgIpc) is 1.95. The van der Waals surface area contributed by atoms with Crippen molar-refractivity contribution in [3.05, 3.63) is 23.8 Å². The summed E-state index contributed by atoms with van der Waals surface area (Å²) >= 11 is 0. The molecule has 1 aliphatic carbocycles. The molecule has 0 nitrogen and oxygen atoms in total. The van der Waals surface area contributed by atoms with Crippen molar-refractivity contribution in [2.75, 3.05) is 0 Å². The Bertz CT molecular complexity index is 196. The van der Waals surface area contributed by atoms with E-state index in [1.165, 1.54) is 12.0 Å². The molecule has 0 aromatic carbocycles. The summed E-state index contributed by atoms with van der Waals surface area (Å²) in [5.41, 5.74) is 1.81. The van der Waals surface area contributed by atoms with E-state index in [-0.39, 0.29) is 0 Å². The van der Waals surface area contributed by atoms with Crippen molar-refractivity contribution in [1.82, 2.24) is 0 Å². The van der Waals surface area contributed by atoms with Crippen LogP contribution in [0.5, 0.6) is 0 Å². The molecule has 0 aromatic rings. The summed E-state index contributed by atoms with van der Waals surface area (Å²) in [5.74, 6) is 0.739. The van der Waals surface area contributed by atoms with E-state index in [1.807, 2.05) is 0 Å². The molecule has 0 aromatic heterocycles. The zero-order valence-corrected chi connectivity index (χ0v) is 8.02. The standard InChI is InChI=1S/C11H18/c1-9(2)11(4)7-5-10(3)6-8-11/h5-7,9H,8H2,1-4H3/t11-/m0/s1. The maximum absolute atomic E-state index is 2.35. The van der Waals surface area contributed by atoms with Gasteiger partial charge < -0.3 is 0 Å². The van der Waals surface area contributed by atoms with Crippen LogP contribution in [0.1, 0.15) is 34.1 Å². The van der Waals surface area contributed by atoms with Crippen molar-refractivity contribution in [1.29, 1.82) is 0 Å². The predicted octanol–water partition coefficient (Wildman–Crippen LogP) is 3.55. The molecule has 1 atom stereocenters. The van der Waals surface area contributed by atoms with Crippen LogP contribution in [0.3, 0.4) is 0 Å². The second-order valence-electron chi connectivity index (χ2n) is 4.15. The molecule has 0 spiro atoms. The molecular formula is C11H18. The van der Waals surface area contributed by atoms with Gasteiger partial charge in [0, 0.05) is 0 Å². The molecular weight excluding hydrogens is 132 g/mol. The molecule has 0 N–H and O–H groups in total. The smallest absolute Gasteiger partial charge is 0.00857 e. The van der Waals surface area contributed by atoms with Gasteiger partial charge in [0.25, 0.3) is 0 Å². The first kappa shape index (κ1) is 8.58. The fourth-order valence-electron chi connectivity index (χ4n) is 1.27. The topological polar surface area (TPSA) is 0 Å². The first-order valence-electron chi connectivity index (χ1n) is 4.40. The van der Waals surface area contributed by atoms with Crippen molar-refractivity contribution in [3.8, 4) is 0 Å². The number of rotatable bonds is 1. The zero-order valence-electron chi connectivity index (χ0n) is 8.02. The van der Waals surface area contributed by atoms with E-state index in [9.17, 15) is 0 Å². The Morgan fingerprint density at radius 3 is 2.45 bits per heavy atom. The Hall–Kier alpha value is -0.520. The zero-order chi connectivity index (χ0) is 8.48. The van der Waals surface area contributed by atoms with E-state index >= 15 is 0 Å². The molecule has 62 valence electrons. The van der Waals surface area contributed by atoms with Gasteiger partial charge >= 0.3 is 0 Å². The van der Waals surface area contributed by atoms with Crippen LogP contribution in [-0.4, -0.2) is 0 Å². The van der Waals surface area contributed by atoms with Gasteiger partial charge in [0.1, 0.15) is 0 Å². The number of hydrogen-bond acceptors (Lipinski definition) is 0. The fraction of sp³-hybridized carbons (Fsp3) is 0.636. The Morgan fingerprint density at radius 2 is 2.09 bits per heavy atom. The molecule has 0 amide bonds. The van der Waals surface area contributed by atoms with Gasteiger partial charge in [-0.1, -0.05) is 44.6 Å². The predicted molar refractivity (Wildman–Crippen MR) is 50.5 cm³/mol. The largest absolute Gasteiger partial charge is 0.0807 e. The molecule has 0 heterocycles. The molecule has 0 saturated carbocycles. The van der Waals surface area contributed by atoms with Crippen LogP contribution in [0.25, 0.3) is 0 Å². The van der Waals surface area contributed by atoms with Crippen molar-refractivity contribution in [3.63, 3.8) is 0 Å². The summed E-state index contributed by atoms with van der Waals surface area (Å²) in [4.78, 5) is 0. The SMILES string of the molecule is CC1=CC[C@@](C)(C(C)C)C=C1. The summed E-state index contributed by atoms with van der Waals surface area (Å²) in [6.45, 7) is 9.07. The third kappa shape index (κ3) is 1.74. The van der Waals surface area contributed by atoms with Crippen LogP contribution in [0, 0.1) is 11.3 Å². The van der Waals surface area contributed by atoms with Crippen LogP contribution in [0.4, 0.5) is 0 Å². The molecule has 0 bridgehead atoms. The Morgan fingerprint density at radius 1 is 1.45 bits per heavy atom. The van der Waals surface area contributed by atoms with E-state index < -0.39 is 0 Å². The minimum Gasteiger partial charge on any atom is -0.0807 e. The Balaban J connectivity index is 2.74. The monoisotopic (exact) mass is 150 g/mol. The summed E-state index contributed by atoms with van der Waals surface area (Å²) < 4.78 is 0. The molecule has 1 rings (SSSR count). The summed E-state index contributed by atoms with van der Waals surface area (Å²) in [6, 6.07) is 0. The highest BCUT2D eigenvalue weighted by Gasteiger charge is 2.25. The van der Waals surface area contributed by atoms with Crippen LogP contribution >= 0.6 is 0 Å². The lowest BCUT2D eigenvalue weighted by Crippen LogP contribution is -2.21. The van der Waals surface area contributed by atoms with E-state index in [2.05, 4.69) is 45.9 Å². The second-order valence-corrected chi connectivity index (χ2v) is 4.15. The van der Waals surface area contributed by atoms with Gasteiger partial charge in [-0.15, -0.1) is 0 Å². The lowest BCUT2D eigenvalue weighted by Gasteiger charge is -2.31. The minimum absolute atomic E-state index is 0.402. The molecule has 0 fully saturated rings. The minimum atomic E-state index is 0.402. The van der Waals surface area contributed by atoms with E-state index in [0.717, 1.165) is 5.92 Å². The third-order valence-corrected chi connectivity index (χ3v) is 2.91. The lowest BCUT2D eigenvalue weighted by atomic mass is 9.73. The molecule has 0 heteroatoms. The highest BCUT2D eigenvalue weighted by atomic mass is 14.3. The summed E-state index contributed by atoms with van der Waals surface area (Å²) in [7, 11) is 0. The quantitative estimate of drug-likeness (QED) is 0.536. The van der Waals surface area contributed by atoms with Gasteiger partial charge in [-0.25, -0.2) is 0 Å². The van der Waals surface area contributed by atoms with Crippen molar-refractivity contribution in [2.45, 2.75) is 34.1 Å². The van der Waals surface area contributed by atoms with Gasteiger partial charge in [0.15, 0.2) is 0 Å².